The van der Waals surface area contributed by atoms with E-state index in [1.54, 1.807) is 6.08 Å². The number of benzene rings is 1. The second-order valence-corrected chi connectivity index (χ2v) is 3.19. The Morgan fingerprint density at radius 3 is 2.31 bits per heavy atom. The van der Waals surface area contributed by atoms with Crippen LogP contribution in [-0.4, -0.2) is 0 Å². The van der Waals surface area contributed by atoms with Gasteiger partial charge in [0.25, 0.3) is 0 Å². The largest absolute Gasteiger partial charge is 0.207 e. The van der Waals surface area contributed by atoms with Crippen LogP contribution in [0.25, 0.3) is 0 Å². The first-order chi connectivity index (χ1) is 6.11. The van der Waals surface area contributed by atoms with Crippen LogP contribution < -0.4 is 0 Å². The second kappa shape index (κ2) is 4.17. The molecule has 2 heteroatoms. The summed E-state index contributed by atoms with van der Waals surface area (Å²) in [5, 5.41) is 0. The van der Waals surface area contributed by atoms with Crippen LogP contribution in [0.2, 0.25) is 0 Å². The fourth-order valence-corrected chi connectivity index (χ4v) is 1.18. The predicted molar refractivity (Wildman–Crippen MR) is 49.4 cm³/mol. The minimum Gasteiger partial charge on any atom is -0.207 e. The average molecular weight is 182 g/mol. The van der Waals surface area contributed by atoms with Crippen molar-refractivity contribution in [2.45, 2.75) is 13.3 Å². The highest BCUT2D eigenvalue weighted by atomic mass is 19.1. The summed E-state index contributed by atoms with van der Waals surface area (Å²) in [6.07, 6.45) is 2.39. The molecule has 70 valence electrons. The second-order valence-electron chi connectivity index (χ2n) is 3.19. The number of hydrogen-bond donors (Lipinski definition) is 0. The topological polar surface area (TPSA) is 0 Å². The zero-order chi connectivity index (χ0) is 9.84. The SMILES string of the molecule is C=CC(C)Cc1cc(F)cc(F)c1. The Morgan fingerprint density at radius 2 is 1.85 bits per heavy atom. The summed E-state index contributed by atoms with van der Waals surface area (Å²) in [5.41, 5.74) is 0.671. The zero-order valence-corrected chi connectivity index (χ0v) is 7.56. The highest BCUT2D eigenvalue weighted by Gasteiger charge is 2.03. The third kappa shape index (κ3) is 2.98. The van der Waals surface area contributed by atoms with Crippen molar-refractivity contribution in [3.63, 3.8) is 0 Å². The Labute approximate surface area is 76.9 Å². The number of allylic oxidation sites excluding steroid dienone is 1. The Balaban J connectivity index is 2.82. The lowest BCUT2D eigenvalue weighted by Gasteiger charge is -2.05. The van der Waals surface area contributed by atoms with E-state index in [4.69, 9.17) is 0 Å². The van der Waals surface area contributed by atoms with E-state index < -0.39 is 11.6 Å². The lowest BCUT2D eigenvalue weighted by atomic mass is 10.0. The fourth-order valence-electron chi connectivity index (χ4n) is 1.18. The summed E-state index contributed by atoms with van der Waals surface area (Å²) in [7, 11) is 0. The molecule has 1 aromatic carbocycles. The molecule has 0 amide bonds. The van der Waals surface area contributed by atoms with Crippen molar-refractivity contribution in [3.05, 3.63) is 48.1 Å². The van der Waals surface area contributed by atoms with Gasteiger partial charge in [0.15, 0.2) is 0 Å². The van der Waals surface area contributed by atoms with Gasteiger partial charge in [-0.2, -0.15) is 0 Å². The van der Waals surface area contributed by atoms with Gasteiger partial charge in [-0.15, -0.1) is 6.58 Å². The first-order valence-electron chi connectivity index (χ1n) is 4.19. The first-order valence-corrected chi connectivity index (χ1v) is 4.19. The quantitative estimate of drug-likeness (QED) is 0.629. The van der Waals surface area contributed by atoms with Gasteiger partial charge in [-0.1, -0.05) is 13.0 Å². The smallest absolute Gasteiger partial charge is 0.126 e. The monoisotopic (exact) mass is 182 g/mol. The van der Waals surface area contributed by atoms with Crippen LogP contribution in [-0.2, 0) is 6.42 Å². The number of rotatable bonds is 3. The Hall–Kier alpha value is -1.18. The van der Waals surface area contributed by atoms with Gasteiger partial charge in [-0.25, -0.2) is 8.78 Å². The van der Waals surface area contributed by atoms with Crippen molar-refractivity contribution >= 4 is 0 Å². The van der Waals surface area contributed by atoms with Gasteiger partial charge in [0.1, 0.15) is 11.6 Å². The van der Waals surface area contributed by atoms with Gasteiger partial charge in [0, 0.05) is 6.07 Å². The molecule has 1 unspecified atom stereocenters. The Morgan fingerprint density at radius 1 is 1.31 bits per heavy atom. The molecule has 0 aliphatic carbocycles. The van der Waals surface area contributed by atoms with E-state index in [9.17, 15) is 8.78 Å². The van der Waals surface area contributed by atoms with Crippen LogP contribution in [0, 0.1) is 17.6 Å². The molecule has 0 bridgehead atoms. The lowest BCUT2D eigenvalue weighted by Crippen LogP contribution is -1.96. The van der Waals surface area contributed by atoms with E-state index in [2.05, 4.69) is 6.58 Å². The lowest BCUT2D eigenvalue weighted by molar-refractivity contribution is 0.576. The molecule has 0 nitrogen and oxygen atoms in total. The summed E-state index contributed by atoms with van der Waals surface area (Å²) in [6.45, 7) is 5.57. The average Bonchev–Trinajstić information content (AvgIpc) is 2.02. The third-order valence-corrected chi connectivity index (χ3v) is 1.88. The molecule has 1 aromatic rings. The molecule has 0 N–H and O–H groups in total. The molecule has 0 saturated carbocycles. The highest BCUT2D eigenvalue weighted by Crippen LogP contribution is 2.12. The molecule has 0 saturated heterocycles. The molecule has 1 rings (SSSR count). The van der Waals surface area contributed by atoms with Crippen molar-refractivity contribution < 1.29 is 8.78 Å². The zero-order valence-electron chi connectivity index (χ0n) is 7.56. The van der Waals surface area contributed by atoms with Crippen molar-refractivity contribution in [3.8, 4) is 0 Å². The summed E-state index contributed by atoms with van der Waals surface area (Å²) >= 11 is 0. The van der Waals surface area contributed by atoms with E-state index in [0.717, 1.165) is 6.07 Å². The van der Waals surface area contributed by atoms with Crippen molar-refractivity contribution in [2.24, 2.45) is 5.92 Å². The van der Waals surface area contributed by atoms with Crippen LogP contribution in [0.3, 0.4) is 0 Å². The molecule has 0 aliphatic heterocycles. The maximum atomic E-state index is 12.7. The number of halogens is 2. The third-order valence-electron chi connectivity index (χ3n) is 1.88. The van der Waals surface area contributed by atoms with Crippen LogP contribution in [0.4, 0.5) is 8.78 Å². The van der Waals surface area contributed by atoms with Gasteiger partial charge in [0.2, 0.25) is 0 Å². The van der Waals surface area contributed by atoms with Gasteiger partial charge in [-0.3, -0.25) is 0 Å². The maximum Gasteiger partial charge on any atom is 0.126 e. The minimum absolute atomic E-state index is 0.237. The van der Waals surface area contributed by atoms with Crippen LogP contribution in [0.15, 0.2) is 30.9 Å². The summed E-state index contributed by atoms with van der Waals surface area (Å²) in [5.74, 6) is -0.807. The first kappa shape index (κ1) is 9.90. The van der Waals surface area contributed by atoms with Gasteiger partial charge in [-0.05, 0) is 30.0 Å². The van der Waals surface area contributed by atoms with Crippen molar-refractivity contribution in [2.75, 3.05) is 0 Å². The van der Waals surface area contributed by atoms with Crippen LogP contribution in [0.5, 0.6) is 0 Å². The Kier molecular flexibility index (Phi) is 3.18. The predicted octanol–water partition coefficient (Wildman–Crippen LogP) is 3.33. The van der Waals surface area contributed by atoms with E-state index >= 15 is 0 Å². The maximum absolute atomic E-state index is 12.7. The van der Waals surface area contributed by atoms with Crippen molar-refractivity contribution in [1.82, 2.24) is 0 Å². The molecular weight excluding hydrogens is 170 g/mol. The summed E-state index contributed by atoms with van der Waals surface area (Å²) in [6, 6.07) is 3.58. The fraction of sp³-hybridized carbons (Fsp3) is 0.273. The van der Waals surface area contributed by atoms with Gasteiger partial charge >= 0.3 is 0 Å². The molecule has 13 heavy (non-hydrogen) atoms. The molecule has 0 spiro atoms. The van der Waals surface area contributed by atoms with E-state index in [1.165, 1.54) is 12.1 Å². The van der Waals surface area contributed by atoms with Gasteiger partial charge in [0.05, 0.1) is 0 Å². The standard InChI is InChI=1S/C11H12F2/c1-3-8(2)4-9-5-10(12)7-11(13)6-9/h3,5-8H,1,4H2,2H3. The van der Waals surface area contributed by atoms with E-state index in [-0.39, 0.29) is 5.92 Å². The van der Waals surface area contributed by atoms with Crippen LogP contribution in [0.1, 0.15) is 12.5 Å². The minimum atomic E-state index is -0.522. The molecule has 0 aliphatic rings. The normalized spacial score (nSPS) is 12.5. The molecule has 0 radical (unpaired) electrons. The van der Waals surface area contributed by atoms with Crippen LogP contribution >= 0.6 is 0 Å². The molecule has 0 fully saturated rings. The molecular formula is C11H12F2. The van der Waals surface area contributed by atoms with Crippen molar-refractivity contribution in [1.29, 1.82) is 0 Å². The van der Waals surface area contributed by atoms with E-state index in [1.807, 2.05) is 6.92 Å². The van der Waals surface area contributed by atoms with Gasteiger partial charge < -0.3 is 0 Å². The number of hydrogen-bond acceptors (Lipinski definition) is 0. The highest BCUT2D eigenvalue weighted by molar-refractivity contribution is 5.18. The Bertz CT molecular complexity index is 285. The molecule has 0 aromatic heterocycles. The summed E-state index contributed by atoms with van der Waals surface area (Å²) in [4.78, 5) is 0. The van der Waals surface area contributed by atoms with E-state index in [0.29, 0.717) is 12.0 Å². The summed E-state index contributed by atoms with van der Waals surface area (Å²) < 4.78 is 25.4. The molecule has 0 heterocycles. The molecule has 1 atom stereocenters.